The van der Waals surface area contributed by atoms with Crippen LogP contribution in [0.5, 0.6) is 0 Å². The Bertz CT molecular complexity index is 392. The molecule has 0 aliphatic carbocycles. The van der Waals surface area contributed by atoms with Crippen LogP contribution in [0.4, 0.5) is 11.4 Å². The fourth-order valence-electron chi connectivity index (χ4n) is 2.01. The molecule has 0 aromatic heterocycles. The van der Waals surface area contributed by atoms with Gasteiger partial charge in [-0.2, -0.15) is 0 Å². The van der Waals surface area contributed by atoms with Crippen LogP contribution in [0.3, 0.4) is 0 Å². The maximum Gasteiger partial charge on any atom is 0.0663 e. The Kier molecular flexibility index (Phi) is 3.76. The zero-order valence-corrected chi connectivity index (χ0v) is 10.3. The van der Waals surface area contributed by atoms with Crippen molar-refractivity contribution in [3.63, 3.8) is 0 Å². The third kappa shape index (κ3) is 2.83. The molecule has 0 saturated carbocycles. The molecule has 4 nitrogen and oxygen atoms in total. The van der Waals surface area contributed by atoms with E-state index in [4.69, 9.17) is 22.1 Å². The SMILES string of the molecule is Nc1ccc(Cl)cc1NC1(CO)CCOCC1. The smallest absolute Gasteiger partial charge is 0.0663 e. The molecule has 0 radical (unpaired) electrons. The van der Waals surface area contributed by atoms with E-state index < -0.39 is 0 Å². The second kappa shape index (κ2) is 5.12. The molecule has 5 heteroatoms. The average Bonchev–Trinajstić information content (AvgIpc) is 2.35. The lowest BCUT2D eigenvalue weighted by Crippen LogP contribution is -2.47. The van der Waals surface area contributed by atoms with Gasteiger partial charge in [0.25, 0.3) is 0 Å². The van der Waals surface area contributed by atoms with Crippen molar-refractivity contribution in [3.8, 4) is 0 Å². The lowest BCUT2D eigenvalue weighted by Gasteiger charge is -2.37. The molecule has 1 aliphatic heterocycles. The first kappa shape index (κ1) is 12.5. The molecule has 0 unspecified atom stereocenters. The summed E-state index contributed by atoms with van der Waals surface area (Å²) in [4.78, 5) is 0. The third-order valence-corrected chi connectivity index (χ3v) is 3.40. The maximum atomic E-state index is 9.57. The van der Waals surface area contributed by atoms with E-state index in [0.717, 1.165) is 18.5 Å². The van der Waals surface area contributed by atoms with Gasteiger partial charge in [0, 0.05) is 18.2 Å². The Morgan fingerprint density at radius 2 is 2.12 bits per heavy atom. The minimum Gasteiger partial charge on any atom is -0.397 e. The third-order valence-electron chi connectivity index (χ3n) is 3.17. The monoisotopic (exact) mass is 256 g/mol. The molecular formula is C12H17ClN2O2. The molecule has 1 aromatic rings. The highest BCUT2D eigenvalue weighted by atomic mass is 35.5. The second-order valence-corrected chi connectivity index (χ2v) is 4.84. The molecule has 2 rings (SSSR count). The predicted octanol–water partition coefficient (Wildman–Crippen LogP) is 1.88. The van der Waals surface area contributed by atoms with Crippen molar-refractivity contribution < 1.29 is 9.84 Å². The van der Waals surface area contributed by atoms with Gasteiger partial charge in [-0.25, -0.2) is 0 Å². The van der Waals surface area contributed by atoms with Gasteiger partial charge >= 0.3 is 0 Å². The first-order chi connectivity index (χ1) is 8.15. The summed E-state index contributed by atoms with van der Waals surface area (Å²) in [5, 5.41) is 13.5. The zero-order valence-electron chi connectivity index (χ0n) is 9.58. The summed E-state index contributed by atoms with van der Waals surface area (Å²) in [6.07, 6.45) is 1.52. The van der Waals surface area contributed by atoms with Gasteiger partial charge in [-0.1, -0.05) is 11.6 Å². The number of rotatable bonds is 3. The normalized spacial score (nSPS) is 18.9. The number of anilines is 2. The van der Waals surface area contributed by atoms with E-state index in [1.807, 2.05) is 0 Å². The van der Waals surface area contributed by atoms with Crippen LogP contribution in [0.2, 0.25) is 5.02 Å². The highest BCUT2D eigenvalue weighted by Crippen LogP contribution is 2.30. The molecule has 0 amide bonds. The molecule has 94 valence electrons. The molecule has 1 fully saturated rings. The Balaban J connectivity index is 2.20. The Hall–Kier alpha value is -0.970. The summed E-state index contributed by atoms with van der Waals surface area (Å²) >= 11 is 5.94. The van der Waals surface area contributed by atoms with Crippen molar-refractivity contribution >= 4 is 23.0 Å². The van der Waals surface area contributed by atoms with Crippen molar-refractivity contribution in [2.75, 3.05) is 30.9 Å². The number of ether oxygens (including phenoxy) is 1. The van der Waals surface area contributed by atoms with E-state index in [2.05, 4.69) is 5.32 Å². The van der Waals surface area contributed by atoms with Gasteiger partial charge in [0.2, 0.25) is 0 Å². The number of hydrogen-bond donors (Lipinski definition) is 3. The standard InChI is InChI=1S/C12H17ClN2O2/c13-9-1-2-10(14)11(7-9)15-12(8-16)3-5-17-6-4-12/h1-2,7,15-16H,3-6,8,14H2. The molecule has 0 bridgehead atoms. The van der Waals surface area contributed by atoms with E-state index in [-0.39, 0.29) is 12.1 Å². The summed E-state index contributed by atoms with van der Waals surface area (Å²) in [5.41, 5.74) is 6.94. The van der Waals surface area contributed by atoms with E-state index in [0.29, 0.717) is 23.9 Å². The quantitative estimate of drug-likeness (QED) is 0.723. The van der Waals surface area contributed by atoms with Crippen molar-refractivity contribution in [2.24, 2.45) is 0 Å². The molecule has 1 aromatic carbocycles. The minimum absolute atomic E-state index is 0.0579. The molecule has 1 saturated heterocycles. The zero-order chi connectivity index (χ0) is 12.3. The van der Waals surface area contributed by atoms with Crippen molar-refractivity contribution in [2.45, 2.75) is 18.4 Å². The maximum absolute atomic E-state index is 9.57. The van der Waals surface area contributed by atoms with Gasteiger partial charge in [0.1, 0.15) is 0 Å². The number of halogens is 1. The van der Waals surface area contributed by atoms with E-state index in [1.54, 1.807) is 18.2 Å². The second-order valence-electron chi connectivity index (χ2n) is 4.41. The van der Waals surface area contributed by atoms with Crippen LogP contribution < -0.4 is 11.1 Å². The molecular weight excluding hydrogens is 240 g/mol. The van der Waals surface area contributed by atoms with Gasteiger partial charge in [-0.05, 0) is 31.0 Å². The van der Waals surface area contributed by atoms with Gasteiger partial charge in [-0.15, -0.1) is 0 Å². The summed E-state index contributed by atoms with van der Waals surface area (Å²) in [5.74, 6) is 0. The van der Waals surface area contributed by atoms with Crippen LogP contribution >= 0.6 is 11.6 Å². The minimum atomic E-state index is -0.350. The molecule has 4 N–H and O–H groups in total. The molecule has 0 atom stereocenters. The Morgan fingerprint density at radius 3 is 2.76 bits per heavy atom. The van der Waals surface area contributed by atoms with Crippen molar-refractivity contribution in [1.82, 2.24) is 0 Å². The van der Waals surface area contributed by atoms with Crippen LogP contribution in [0.1, 0.15) is 12.8 Å². The highest BCUT2D eigenvalue weighted by Gasteiger charge is 2.32. The number of aliphatic hydroxyl groups is 1. The number of nitrogens with two attached hydrogens (primary N) is 1. The molecule has 1 heterocycles. The van der Waals surface area contributed by atoms with Crippen molar-refractivity contribution in [1.29, 1.82) is 0 Å². The Morgan fingerprint density at radius 1 is 1.41 bits per heavy atom. The first-order valence-electron chi connectivity index (χ1n) is 5.67. The number of hydrogen-bond acceptors (Lipinski definition) is 4. The fraction of sp³-hybridized carbons (Fsp3) is 0.500. The fourth-order valence-corrected chi connectivity index (χ4v) is 2.18. The topological polar surface area (TPSA) is 67.5 Å². The molecule has 17 heavy (non-hydrogen) atoms. The largest absolute Gasteiger partial charge is 0.397 e. The summed E-state index contributed by atoms with van der Waals surface area (Å²) in [7, 11) is 0. The summed E-state index contributed by atoms with van der Waals surface area (Å²) in [6.45, 7) is 1.35. The summed E-state index contributed by atoms with van der Waals surface area (Å²) < 4.78 is 5.31. The first-order valence-corrected chi connectivity index (χ1v) is 6.05. The van der Waals surface area contributed by atoms with Crippen LogP contribution in [0, 0.1) is 0 Å². The van der Waals surface area contributed by atoms with Crippen LogP contribution in [0.25, 0.3) is 0 Å². The van der Waals surface area contributed by atoms with Gasteiger partial charge < -0.3 is 20.9 Å². The van der Waals surface area contributed by atoms with Crippen LogP contribution in [-0.2, 0) is 4.74 Å². The van der Waals surface area contributed by atoms with Gasteiger partial charge in [-0.3, -0.25) is 0 Å². The van der Waals surface area contributed by atoms with Crippen LogP contribution in [-0.4, -0.2) is 30.5 Å². The van der Waals surface area contributed by atoms with E-state index in [1.165, 1.54) is 0 Å². The molecule has 0 spiro atoms. The number of nitrogens with one attached hydrogen (secondary N) is 1. The van der Waals surface area contributed by atoms with Crippen molar-refractivity contribution in [3.05, 3.63) is 23.2 Å². The van der Waals surface area contributed by atoms with Gasteiger partial charge in [0.15, 0.2) is 0 Å². The van der Waals surface area contributed by atoms with E-state index in [9.17, 15) is 5.11 Å². The summed E-state index contributed by atoms with van der Waals surface area (Å²) in [6, 6.07) is 5.29. The lowest BCUT2D eigenvalue weighted by atomic mass is 9.90. The number of nitrogen functional groups attached to an aromatic ring is 1. The Labute approximate surface area is 106 Å². The average molecular weight is 257 g/mol. The van der Waals surface area contributed by atoms with Crippen LogP contribution in [0.15, 0.2) is 18.2 Å². The number of aliphatic hydroxyl groups excluding tert-OH is 1. The van der Waals surface area contributed by atoms with E-state index >= 15 is 0 Å². The van der Waals surface area contributed by atoms with Gasteiger partial charge in [0.05, 0.1) is 23.5 Å². The lowest BCUT2D eigenvalue weighted by molar-refractivity contribution is 0.0380. The predicted molar refractivity (Wildman–Crippen MR) is 69.4 cm³/mol. The highest BCUT2D eigenvalue weighted by molar-refractivity contribution is 6.31. The number of benzene rings is 1. The molecule has 1 aliphatic rings.